The molecule has 0 saturated carbocycles. The highest BCUT2D eigenvalue weighted by Gasteiger charge is 2.45. The number of carbonyl (C=O) groups excluding carboxylic acids is 2. The van der Waals surface area contributed by atoms with E-state index in [-0.39, 0.29) is 18.9 Å². The molecule has 230 valence electrons. The van der Waals surface area contributed by atoms with E-state index in [1.807, 2.05) is 0 Å². The molecule has 0 saturated heterocycles. The zero-order valence-electron chi connectivity index (χ0n) is 22.5. The highest BCUT2D eigenvalue weighted by atomic mass is 79.9. The molecule has 2 amide bonds. The molecule has 15 heteroatoms. The van der Waals surface area contributed by atoms with Gasteiger partial charge in [0.15, 0.2) is 0 Å². The fourth-order valence-corrected chi connectivity index (χ4v) is 5.67. The van der Waals surface area contributed by atoms with Gasteiger partial charge in [-0.05, 0) is 83.4 Å². The Kier molecular flexibility index (Phi) is 10.5. The Bertz CT molecular complexity index is 1590. The molecule has 4 rings (SSSR count). The number of halogens is 5. The average molecular weight is 705 g/mol. The van der Waals surface area contributed by atoms with Gasteiger partial charge in [-0.2, -0.15) is 13.2 Å². The molecule has 0 fully saturated rings. The smallest absolute Gasteiger partial charge is 0.372 e. The number of hydrogen-bond donors (Lipinski definition) is 2. The maximum atomic E-state index is 13.8. The van der Waals surface area contributed by atoms with Crippen LogP contribution < -0.4 is 14.9 Å². The number of fused-ring (bicyclic) bond motifs is 1. The molecule has 2 N–H and O–H groups in total. The van der Waals surface area contributed by atoms with Crippen molar-refractivity contribution in [3.63, 3.8) is 0 Å². The van der Waals surface area contributed by atoms with E-state index in [1.165, 1.54) is 16.7 Å². The van der Waals surface area contributed by atoms with Crippen LogP contribution in [0.1, 0.15) is 45.2 Å². The van der Waals surface area contributed by atoms with Crippen LogP contribution in [0.25, 0.3) is 0 Å². The summed E-state index contributed by atoms with van der Waals surface area (Å²) in [6, 6.07) is 18.0. The second kappa shape index (κ2) is 13.7. The lowest BCUT2D eigenvalue weighted by Gasteiger charge is -2.30. The summed E-state index contributed by atoms with van der Waals surface area (Å²) in [5, 5.41) is 3.12. The Hall–Kier alpha value is -3.01. The van der Waals surface area contributed by atoms with Gasteiger partial charge in [-0.3, -0.25) is 14.5 Å². The highest BCUT2D eigenvalue weighted by Crippen LogP contribution is 2.40. The number of nitrogens with one attached hydrogen (secondary N) is 2. The Morgan fingerprint density at radius 2 is 1.77 bits per heavy atom. The number of nitrogens with zero attached hydrogens (tertiary/aromatic N) is 1. The van der Waals surface area contributed by atoms with Crippen molar-refractivity contribution >= 4 is 60.7 Å². The zero-order chi connectivity index (χ0) is 31.4. The minimum absolute atomic E-state index is 0.285. The third kappa shape index (κ3) is 7.75. The molecule has 0 aromatic heterocycles. The van der Waals surface area contributed by atoms with Gasteiger partial charge in [0.05, 0.1) is 24.0 Å². The van der Waals surface area contributed by atoms with Crippen LogP contribution in [0.3, 0.4) is 0 Å². The predicted molar refractivity (Wildman–Crippen MR) is 159 cm³/mol. The SMILES string of the molecule is COC1CCC(OCCNS(=O)(=O)C(F)(F)F)c2cc(Cl)ccc2N1C(=O)c1ccc(NC(=O)c2ccccc2Br)cc1. The standard InChI is InChI=1S/C28H26BrClF3N3O6S/c1-41-25-13-12-24(42-15-14-34-43(39,40)28(31,32)33)21-16-18(30)8-11-23(21)36(25)27(38)17-6-9-19(10-7-17)35-26(37)20-4-2-3-5-22(20)29/h2-11,16,24-25,34H,12-15H2,1H3,(H,35,37). The van der Waals surface area contributed by atoms with Gasteiger partial charge in [-0.15, -0.1) is 0 Å². The Labute approximate surface area is 259 Å². The normalized spacial score (nSPS) is 17.2. The van der Waals surface area contributed by atoms with E-state index >= 15 is 0 Å². The maximum absolute atomic E-state index is 13.8. The average Bonchev–Trinajstić information content (AvgIpc) is 3.11. The summed E-state index contributed by atoms with van der Waals surface area (Å²) < 4.78 is 74.0. The van der Waals surface area contributed by atoms with E-state index in [9.17, 15) is 31.2 Å². The lowest BCUT2D eigenvalue weighted by atomic mass is 10.0. The first-order valence-electron chi connectivity index (χ1n) is 12.8. The molecule has 0 aliphatic carbocycles. The lowest BCUT2D eigenvalue weighted by molar-refractivity contribution is -0.0450. The van der Waals surface area contributed by atoms with Gasteiger partial charge in [-0.25, -0.2) is 13.1 Å². The molecule has 0 radical (unpaired) electrons. The number of anilines is 2. The minimum Gasteiger partial charge on any atom is -0.372 e. The summed E-state index contributed by atoms with van der Waals surface area (Å²) >= 11 is 9.60. The first kappa shape index (κ1) is 32.9. The van der Waals surface area contributed by atoms with Crippen molar-refractivity contribution in [3.8, 4) is 0 Å². The highest BCUT2D eigenvalue weighted by molar-refractivity contribution is 9.10. The third-order valence-electron chi connectivity index (χ3n) is 6.58. The van der Waals surface area contributed by atoms with Crippen molar-refractivity contribution in [1.82, 2.24) is 4.72 Å². The molecule has 1 aliphatic rings. The van der Waals surface area contributed by atoms with Crippen molar-refractivity contribution < 1.29 is 40.7 Å². The second-order valence-corrected chi connectivity index (χ2v) is 12.4. The van der Waals surface area contributed by atoms with Crippen molar-refractivity contribution in [1.29, 1.82) is 0 Å². The monoisotopic (exact) mass is 703 g/mol. The van der Waals surface area contributed by atoms with Gasteiger partial charge in [0.25, 0.3) is 11.8 Å². The van der Waals surface area contributed by atoms with E-state index in [0.29, 0.717) is 44.0 Å². The molecule has 9 nitrogen and oxygen atoms in total. The Balaban J connectivity index is 1.54. The van der Waals surface area contributed by atoms with Crippen LogP contribution in [-0.4, -0.2) is 52.2 Å². The van der Waals surface area contributed by atoms with Crippen LogP contribution in [0.15, 0.2) is 71.2 Å². The Morgan fingerprint density at radius 1 is 1.07 bits per heavy atom. The third-order valence-corrected chi connectivity index (χ3v) is 8.70. The molecule has 1 heterocycles. The first-order chi connectivity index (χ1) is 20.3. The predicted octanol–water partition coefficient (Wildman–Crippen LogP) is 6.26. The lowest BCUT2D eigenvalue weighted by Crippen LogP contribution is -2.41. The minimum atomic E-state index is -5.51. The number of alkyl halides is 3. The summed E-state index contributed by atoms with van der Waals surface area (Å²) in [5.74, 6) is -0.751. The van der Waals surface area contributed by atoms with Gasteiger partial charge in [0.2, 0.25) is 0 Å². The molecule has 1 aliphatic heterocycles. The first-order valence-corrected chi connectivity index (χ1v) is 15.5. The van der Waals surface area contributed by atoms with Crippen molar-refractivity contribution in [3.05, 3.63) is 92.9 Å². The van der Waals surface area contributed by atoms with Gasteiger partial charge in [0.1, 0.15) is 6.23 Å². The molecule has 43 heavy (non-hydrogen) atoms. The molecule has 2 unspecified atom stereocenters. The van der Waals surface area contributed by atoms with Gasteiger partial charge >= 0.3 is 15.5 Å². The van der Waals surface area contributed by atoms with E-state index in [2.05, 4.69) is 21.2 Å². The number of ether oxygens (including phenoxy) is 2. The fourth-order valence-electron chi connectivity index (χ4n) is 4.51. The molecular weight excluding hydrogens is 679 g/mol. The molecular formula is C28H26BrClF3N3O6S. The van der Waals surface area contributed by atoms with Crippen LogP contribution in [-0.2, 0) is 19.5 Å². The molecule has 0 spiro atoms. The largest absolute Gasteiger partial charge is 0.511 e. The summed E-state index contributed by atoms with van der Waals surface area (Å²) in [7, 11) is -4.08. The van der Waals surface area contributed by atoms with E-state index in [0.717, 1.165) is 0 Å². The summed E-state index contributed by atoms with van der Waals surface area (Å²) in [6.45, 7) is -0.987. The van der Waals surface area contributed by atoms with Crippen LogP contribution >= 0.6 is 27.5 Å². The number of rotatable bonds is 9. The van der Waals surface area contributed by atoms with Crippen molar-refractivity contribution in [2.45, 2.75) is 30.7 Å². The number of carbonyl (C=O) groups is 2. The van der Waals surface area contributed by atoms with Gasteiger partial charge in [0, 0.05) is 40.0 Å². The number of benzene rings is 3. The van der Waals surface area contributed by atoms with Crippen LogP contribution in [0, 0.1) is 0 Å². The number of sulfonamides is 1. The van der Waals surface area contributed by atoms with Crippen LogP contribution in [0.5, 0.6) is 0 Å². The fraction of sp³-hybridized carbons (Fsp3) is 0.286. The molecule has 3 aromatic rings. The van der Waals surface area contributed by atoms with E-state index in [4.69, 9.17) is 21.1 Å². The number of methoxy groups -OCH3 is 1. The summed E-state index contributed by atoms with van der Waals surface area (Å²) in [5.41, 5.74) is -3.34. The maximum Gasteiger partial charge on any atom is 0.511 e. The summed E-state index contributed by atoms with van der Waals surface area (Å²) in [6.07, 6.45) is -0.885. The number of hydrogen-bond acceptors (Lipinski definition) is 6. The molecule has 3 aromatic carbocycles. The van der Waals surface area contributed by atoms with Gasteiger partial charge < -0.3 is 14.8 Å². The van der Waals surface area contributed by atoms with Crippen LogP contribution in [0.4, 0.5) is 24.5 Å². The number of amides is 2. The molecule has 2 atom stereocenters. The van der Waals surface area contributed by atoms with Gasteiger partial charge in [-0.1, -0.05) is 23.7 Å². The Morgan fingerprint density at radius 3 is 2.42 bits per heavy atom. The molecule has 0 bridgehead atoms. The van der Waals surface area contributed by atoms with E-state index < -0.39 is 40.3 Å². The van der Waals surface area contributed by atoms with Crippen LogP contribution in [0.2, 0.25) is 5.02 Å². The van der Waals surface area contributed by atoms with E-state index in [1.54, 1.807) is 66.7 Å². The second-order valence-electron chi connectivity index (χ2n) is 9.36. The zero-order valence-corrected chi connectivity index (χ0v) is 25.7. The van der Waals surface area contributed by atoms with Crippen molar-refractivity contribution in [2.75, 3.05) is 30.5 Å². The summed E-state index contributed by atoms with van der Waals surface area (Å²) in [4.78, 5) is 27.9. The quantitative estimate of drug-likeness (QED) is 0.254. The van der Waals surface area contributed by atoms with Crippen molar-refractivity contribution in [2.24, 2.45) is 0 Å². The topological polar surface area (TPSA) is 114 Å².